The van der Waals surface area contributed by atoms with Crippen LogP contribution in [0.3, 0.4) is 0 Å². The smallest absolute Gasteiger partial charge is 0.336 e. The second-order valence-electron chi connectivity index (χ2n) is 4.09. The minimum absolute atomic E-state index is 0.162. The minimum atomic E-state index is -1.60. The molecule has 1 atom stereocenters. The highest BCUT2D eigenvalue weighted by Crippen LogP contribution is 2.32. The Labute approximate surface area is 109 Å². The van der Waals surface area contributed by atoms with Crippen LogP contribution in [0.2, 0.25) is 0 Å². The number of carbonyl (C=O) groups excluding carboxylic acids is 1. The molecule has 7 nitrogen and oxygen atoms in total. The maximum absolute atomic E-state index is 11.7. The van der Waals surface area contributed by atoms with Gasteiger partial charge < -0.3 is 9.94 Å². The normalized spacial score (nSPS) is 21.5. The number of nitrogens with two attached hydrogens (primary N) is 1. The van der Waals surface area contributed by atoms with Crippen LogP contribution >= 0.6 is 0 Å². The van der Waals surface area contributed by atoms with Crippen LogP contribution in [0.25, 0.3) is 0 Å². The van der Waals surface area contributed by atoms with Gasteiger partial charge in [-0.3, -0.25) is 10.2 Å². The van der Waals surface area contributed by atoms with E-state index in [1.807, 2.05) is 5.43 Å². The van der Waals surface area contributed by atoms with E-state index in [1.54, 1.807) is 19.1 Å². The van der Waals surface area contributed by atoms with Gasteiger partial charge in [0.1, 0.15) is 5.76 Å². The van der Waals surface area contributed by atoms with Gasteiger partial charge in [0.05, 0.1) is 0 Å². The van der Waals surface area contributed by atoms with Gasteiger partial charge in [-0.1, -0.05) is 18.2 Å². The second-order valence-corrected chi connectivity index (χ2v) is 4.09. The molecule has 0 fully saturated rings. The fraction of sp³-hybridized carbons (Fsp3) is 0.167. The maximum Gasteiger partial charge on any atom is 0.336 e. The third-order valence-electron chi connectivity index (χ3n) is 2.86. The van der Waals surface area contributed by atoms with Gasteiger partial charge >= 0.3 is 5.97 Å². The molecular weight excluding hydrogens is 250 g/mol. The molecule has 0 bridgehead atoms. The molecule has 1 amide bonds. The molecule has 0 unspecified atom stereocenters. The van der Waals surface area contributed by atoms with Crippen LogP contribution in [0.15, 0.2) is 36.1 Å². The summed E-state index contributed by atoms with van der Waals surface area (Å²) in [6, 6.07) is 6.28. The predicted octanol–water partition coefficient (Wildman–Crippen LogP) is 0.00860. The summed E-state index contributed by atoms with van der Waals surface area (Å²) in [5.41, 5.74) is 3.24. The van der Waals surface area contributed by atoms with Gasteiger partial charge in [-0.2, -0.15) is 0 Å². The third-order valence-corrected chi connectivity index (χ3v) is 2.86. The Bertz CT molecular complexity index is 570. The fourth-order valence-corrected chi connectivity index (χ4v) is 1.98. The lowest BCUT2D eigenvalue weighted by atomic mass is 9.86. The molecule has 0 radical (unpaired) electrons. The summed E-state index contributed by atoms with van der Waals surface area (Å²) in [6.45, 7) is 1.61. The number of aliphatic carboxylic acids is 1. The van der Waals surface area contributed by atoms with Crippen molar-refractivity contribution in [2.75, 3.05) is 0 Å². The molecular formula is C12H13N3O4. The van der Waals surface area contributed by atoms with E-state index in [0.717, 1.165) is 0 Å². The summed E-state index contributed by atoms with van der Waals surface area (Å²) >= 11 is 0. The molecule has 1 aromatic carbocycles. The molecule has 2 rings (SSSR count). The summed E-state index contributed by atoms with van der Waals surface area (Å²) in [7, 11) is 0. The zero-order valence-electron chi connectivity index (χ0n) is 10.1. The van der Waals surface area contributed by atoms with E-state index in [2.05, 4.69) is 5.48 Å². The summed E-state index contributed by atoms with van der Waals surface area (Å²) in [5, 5.41) is 9.46. The Morgan fingerprint density at radius 3 is 2.63 bits per heavy atom. The SMILES string of the molecule is CC1=C[C@](C(=O)O)(c2ccccc2C(=O)NN)NO1. The molecule has 1 aromatic rings. The van der Waals surface area contributed by atoms with E-state index in [0.29, 0.717) is 5.76 Å². The first-order valence-electron chi connectivity index (χ1n) is 5.48. The Morgan fingerprint density at radius 1 is 1.42 bits per heavy atom. The number of rotatable bonds is 3. The zero-order chi connectivity index (χ0) is 14.0. The first kappa shape index (κ1) is 13.1. The highest BCUT2D eigenvalue weighted by atomic mass is 16.7. The monoisotopic (exact) mass is 263 g/mol. The van der Waals surface area contributed by atoms with Gasteiger partial charge in [0.2, 0.25) is 0 Å². The molecule has 1 heterocycles. The lowest BCUT2D eigenvalue weighted by Gasteiger charge is -2.23. The van der Waals surface area contributed by atoms with Crippen molar-refractivity contribution in [3.8, 4) is 0 Å². The minimum Gasteiger partial charge on any atom is -0.479 e. The topological polar surface area (TPSA) is 114 Å². The second kappa shape index (κ2) is 4.71. The molecule has 19 heavy (non-hydrogen) atoms. The average molecular weight is 263 g/mol. The standard InChI is InChI=1S/C12H13N3O4/c1-7-6-12(11(17)18,15-19-7)9-5-3-2-4-8(9)10(16)14-13/h2-6,15H,13H2,1H3,(H,14,16)(H,17,18)/t12-/m1/s1. The first-order valence-corrected chi connectivity index (χ1v) is 5.48. The molecule has 0 aromatic heterocycles. The van der Waals surface area contributed by atoms with E-state index >= 15 is 0 Å². The van der Waals surface area contributed by atoms with Crippen molar-refractivity contribution in [2.45, 2.75) is 12.5 Å². The Balaban J connectivity index is 2.63. The molecule has 0 aliphatic carbocycles. The summed E-state index contributed by atoms with van der Waals surface area (Å²) < 4.78 is 0. The van der Waals surface area contributed by atoms with E-state index in [1.165, 1.54) is 18.2 Å². The van der Waals surface area contributed by atoms with Crippen LogP contribution in [0, 0.1) is 0 Å². The number of carboxylic acid groups (broad SMARTS) is 1. The number of carbonyl (C=O) groups is 2. The average Bonchev–Trinajstić information content (AvgIpc) is 2.81. The van der Waals surface area contributed by atoms with E-state index in [-0.39, 0.29) is 11.1 Å². The Morgan fingerprint density at radius 2 is 2.11 bits per heavy atom. The number of hydrogen-bond acceptors (Lipinski definition) is 5. The molecule has 100 valence electrons. The van der Waals surface area contributed by atoms with Gasteiger partial charge in [0, 0.05) is 11.1 Å². The highest BCUT2D eigenvalue weighted by molar-refractivity contribution is 5.98. The van der Waals surface area contributed by atoms with Crippen LogP contribution < -0.4 is 16.7 Å². The van der Waals surface area contributed by atoms with Crippen LogP contribution in [-0.2, 0) is 15.2 Å². The summed E-state index contributed by atoms with van der Waals surface area (Å²) in [6.07, 6.45) is 1.40. The van der Waals surface area contributed by atoms with Crippen molar-refractivity contribution in [1.29, 1.82) is 0 Å². The Kier molecular flexibility index (Phi) is 3.24. The lowest BCUT2D eigenvalue weighted by Crippen LogP contribution is -2.46. The van der Waals surface area contributed by atoms with Gasteiger partial charge in [0.25, 0.3) is 5.91 Å². The van der Waals surface area contributed by atoms with Crippen molar-refractivity contribution in [2.24, 2.45) is 5.84 Å². The van der Waals surface area contributed by atoms with Crippen molar-refractivity contribution >= 4 is 11.9 Å². The number of benzene rings is 1. The fourth-order valence-electron chi connectivity index (χ4n) is 1.98. The van der Waals surface area contributed by atoms with Crippen molar-refractivity contribution in [3.05, 3.63) is 47.2 Å². The van der Waals surface area contributed by atoms with Crippen LogP contribution in [0.1, 0.15) is 22.8 Å². The van der Waals surface area contributed by atoms with Gasteiger partial charge in [0.15, 0.2) is 5.54 Å². The van der Waals surface area contributed by atoms with Crippen molar-refractivity contribution < 1.29 is 19.5 Å². The summed E-state index contributed by atoms with van der Waals surface area (Å²) in [5.74, 6) is 3.76. The molecule has 1 aliphatic rings. The largest absolute Gasteiger partial charge is 0.479 e. The van der Waals surface area contributed by atoms with Crippen molar-refractivity contribution in [3.63, 3.8) is 0 Å². The number of hydrogen-bond donors (Lipinski definition) is 4. The molecule has 5 N–H and O–H groups in total. The predicted molar refractivity (Wildman–Crippen MR) is 65.4 cm³/mol. The number of carboxylic acids is 1. The molecule has 1 aliphatic heterocycles. The Hall–Kier alpha value is -2.38. The zero-order valence-corrected chi connectivity index (χ0v) is 10.1. The number of hydrazine groups is 1. The molecule has 0 spiro atoms. The third kappa shape index (κ3) is 2.05. The van der Waals surface area contributed by atoms with Crippen LogP contribution in [0.4, 0.5) is 0 Å². The highest BCUT2D eigenvalue weighted by Gasteiger charge is 2.45. The van der Waals surface area contributed by atoms with E-state index in [9.17, 15) is 14.7 Å². The van der Waals surface area contributed by atoms with E-state index in [4.69, 9.17) is 10.7 Å². The number of hydroxylamine groups is 1. The van der Waals surface area contributed by atoms with Crippen LogP contribution in [0.5, 0.6) is 0 Å². The van der Waals surface area contributed by atoms with E-state index < -0.39 is 17.4 Å². The van der Waals surface area contributed by atoms with Crippen LogP contribution in [-0.4, -0.2) is 17.0 Å². The van der Waals surface area contributed by atoms with Gasteiger partial charge in [-0.05, 0) is 19.1 Å². The molecule has 0 saturated heterocycles. The van der Waals surface area contributed by atoms with Crippen molar-refractivity contribution in [1.82, 2.24) is 10.9 Å². The summed E-state index contributed by atoms with van der Waals surface area (Å²) in [4.78, 5) is 28.3. The van der Waals surface area contributed by atoms with Gasteiger partial charge in [-0.25, -0.2) is 10.6 Å². The van der Waals surface area contributed by atoms with Gasteiger partial charge in [-0.15, -0.1) is 5.48 Å². The molecule has 0 saturated carbocycles. The number of nitrogens with one attached hydrogen (secondary N) is 2. The quantitative estimate of drug-likeness (QED) is 0.347. The lowest BCUT2D eigenvalue weighted by molar-refractivity contribution is -0.146. The number of amides is 1. The first-order chi connectivity index (χ1) is 9.01. The number of nitrogen functional groups attached to an aromatic ring is 1. The number of allylic oxidation sites excluding steroid dienone is 1. The maximum atomic E-state index is 11.7. The molecule has 7 heteroatoms.